The molecule has 0 heterocycles. The number of halogens is 4. The van der Waals surface area contributed by atoms with Gasteiger partial charge in [0.15, 0.2) is 11.5 Å². The summed E-state index contributed by atoms with van der Waals surface area (Å²) in [7, 11) is 2.92. The number of amides is 2. The van der Waals surface area contributed by atoms with Crippen molar-refractivity contribution >= 4 is 29.3 Å². The lowest BCUT2D eigenvalue weighted by Gasteiger charge is -2.15. The molecule has 10 heteroatoms. The number of nitrogens with one attached hydrogen (secondary N) is 2. The van der Waals surface area contributed by atoms with Gasteiger partial charge >= 0.3 is 6.18 Å². The number of benzene rings is 3. The molecule has 2 N–H and O–H groups in total. The van der Waals surface area contributed by atoms with Crippen molar-refractivity contribution in [2.45, 2.75) is 6.18 Å². The minimum Gasteiger partial charge on any atom is -0.493 e. The number of alkyl halides is 3. The summed E-state index contributed by atoms with van der Waals surface area (Å²) in [4.78, 5) is 24.5. The zero-order chi connectivity index (χ0) is 25.6. The van der Waals surface area contributed by atoms with Crippen molar-refractivity contribution in [3.05, 3.63) is 89.2 Å². The van der Waals surface area contributed by atoms with Crippen LogP contribution < -0.4 is 20.1 Å². The first kappa shape index (κ1) is 25.3. The molecule has 0 aliphatic rings. The molecule has 0 bridgehead atoms. The second kappa shape index (κ2) is 10.7. The average molecular weight is 488 g/mol. The Kier molecular flexibility index (Phi) is 7.75. The zero-order valence-electron chi connectivity index (χ0n) is 18.6. The molecule has 0 saturated heterocycles. The van der Waals surface area contributed by atoms with Crippen LogP contribution in [0.3, 0.4) is 0 Å². The van der Waals surface area contributed by atoms with Gasteiger partial charge in [-0.05, 0) is 66.2 Å². The summed E-state index contributed by atoms with van der Waals surface area (Å²) in [6.07, 6.45) is -2.33. The Morgan fingerprint density at radius 1 is 0.857 bits per heavy atom. The smallest absolute Gasteiger partial charge is 0.418 e. The largest absolute Gasteiger partial charge is 0.493 e. The van der Waals surface area contributed by atoms with Crippen molar-refractivity contribution in [3.8, 4) is 11.5 Å². The number of hydrogen-bond donors (Lipinski definition) is 2. The Morgan fingerprint density at radius 2 is 1.54 bits per heavy atom. The van der Waals surface area contributed by atoms with Crippen molar-refractivity contribution in [1.29, 1.82) is 0 Å². The predicted molar refractivity (Wildman–Crippen MR) is 123 cm³/mol. The monoisotopic (exact) mass is 488 g/mol. The fourth-order valence-corrected chi connectivity index (χ4v) is 3.07. The summed E-state index contributed by atoms with van der Waals surface area (Å²) in [5, 5.41) is 4.53. The van der Waals surface area contributed by atoms with Gasteiger partial charge < -0.3 is 20.1 Å². The molecule has 182 valence electrons. The molecule has 35 heavy (non-hydrogen) atoms. The molecular formula is C25H20F4N2O4. The first-order chi connectivity index (χ1) is 16.6. The van der Waals surface area contributed by atoms with E-state index in [1.807, 2.05) is 0 Å². The van der Waals surface area contributed by atoms with Crippen molar-refractivity contribution in [2.75, 3.05) is 24.9 Å². The lowest BCUT2D eigenvalue weighted by atomic mass is 10.1. The second-order valence-corrected chi connectivity index (χ2v) is 7.16. The van der Waals surface area contributed by atoms with Crippen LogP contribution in [0.1, 0.15) is 21.5 Å². The summed E-state index contributed by atoms with van der Waals surface area (Å²) in [6, 6.07) is 12.3. The maximum absolute atomic E-state index is 13.6. The van der Waals surface area contributed by atoms with E-state index >= 15 is 0 Å². The Morgan fingerprint density at radius 3 is 2.17 bits per heavy atom. The van der Waals surface area contributed by atoms with Gasteiger partial charge in [0.05, 0.1) is 25.5 Å². The topological polar surface area (TPSA) is 76.7 Å². The Balaban J connectivity index is 1.77. The highest BCUT2D eigenvalue weighted by Crippen LogP contribution is 2.37. The average Bonchev–Trinajstić information content (AvgIpc) is 2.83. The molecule has 0 atom stereocenters. The Bertz CT molecular complexity index is 1260. The predicted octanol–water partition coefficient (Wildman–Crippen LogP) is 5.77. The van der Waals surface area contributed by atoms with Crippen molar-refractivity contribution < 1.29 is 36.6 Å². The van der Waals surface area contributed by atoms with Gasteiger partial charge in [-0.1, -0.05) is 6.07 Å². The van der Waals surface area contributed by atoms with Gasteiger partial charge in [-0.3, -0.25) is 9.59 Å². The number of carbonyl (C=O) groups excluding carboxylic acids is 2. The quantitative estimate of drug-likeness (QED) is 0.327. The van der Waals surface area contributed by atoms with Crippen molar-refractivity contribution in [2.24, 2.45) is 0 Å². The van der Waals surface area contributed by atoms with E-state index in [4.69, 9.17) is 9.47 Å². The van der Waals surface area contributed by atoms with Crippen LogP contribution in [0.5, 0.6) is 11.5 Å². The molecule has 2 amide bonds. The van der Waals surface area contributed by atoms with Gasteiger partial charge in [-0.15, -0.1) is 0 Å². The van der Waals surface area contributed by atoms with Crippen LogP contribution in [0.4, 0.5) is 28.9 Å². The molecule has 0 aliphatic carbocycles. The van der Waals surface area contributed by atoms with Crippen LogP contribution >= 0.6 is 0 Å². The summed E-state index contributed by atoms with van der Waals surface area (Å²) >= 11 is 0. The molecule has 0 saturated carbocycles. The third-order valence-corrected chi connectivity index (χ3v) is 4.78. The molecule has 3 aromatic rings. The van der Waals surface area contributed by atoms with Crippen LogP contribution in [0.15, 0.2) is 66.7 Å². The van der Waals surface area contributed by atoms with Gasteiger partial charge in [0.25, 0.3) is 5.91 Å². The van der Waals surface area contributed by atoms with E-state index in [2.05, 4.69) is 10.6 Å². The third kappa shape index (κ3) is 6.59. The molecule has 6 nitrogen and oxygen atoms in total. The van der Waals surface area contributed by atoms with E-state index < -0.39 is 35.1 Å². The fraction of sp³-hybridized carbons (Fsp3) is 0.120. The lowest BCUT2D eigenvalue weighted by Crippen LogP contribution is -2.17. The molecule has 3 aromatic carbocycles. The first-order valence-corrected chi connectivity index (χ1v) is 10.1. The van der Waals surface area contributed by atoms with Gasteiger partial charge in [0.2, 0.25) is 5.91 Å². The highest BCUT2D eigenvalue weighted by molar-refractivity contribution is 6.05. The Hall–Kier alpha value is -4.34. The third-order valence-electron chi connectivity index (χ3n) is 4.78. The number of anilines is 2. The molecule has 0 spiro atoms. The van der Waals surface area contributed by atoms with E-state index in [0.29, 0.717) is 23.1 Å². The van der Waals surface area contributed by atoms with Crippen LogP contribution in [0.2, 0.25) is 0 Å². The van der Waals surface area contributed by atoms with Gasteiger partial charge in [0, 0.05) is 17.3 Å². The summed E-state index contributed by atoms with van der Waals surface area (Å²) in [5.74, 6) is -1.16. The number of hydrogen-bond acceptors (Lipinski definition) is 4. The summed E-state index contributed by atoms with van der Waals surface area (Å²) in [5.41, 5.74) is -1.16. The lowest BCUT2D eigenvalue weighted by molar-refractivity contribution is -0.136. The first-order valence-electron chi connectivity index (χ1n) is 10.1. The molecule has 3 rings (SSSR count). The molecule has 0 fully saturated rings. The maximum Gasteiger partial charge on any atom is 0.418 e. The molecule has 0 unspecified atom stereocenters. The van der Waals surface area contributed by atoms with Crippen LogP contribution in [-0.4, -0.2) is 26.0 Å². The van der Waals surface area contributed by atoms with Crippen LogP contribution in [0.25, 0.3) is 6.08 Å². The zero-order valence-corrected chi connectivity index (χ0v) is 18.6. The van der Waals surface area contributed by atoms with E-state index in [1.54, 1.807) is 18.2 Å². The standard InChI is InChI=1S/C25H20F4N2O4/c1-34-21-11-3-15(13-22(21)35-2)4-12-23(32)31-20-10-9-18(14-19(20)25(27,28)29)30-24(33)16-5-7-17(26)8-6-16/h3-14H,1-2H3,(H,30,33)(H,31,32)/b12-4+. The maximum atomic E-state index is 13.6. The number of rotatable bonds is 7. The van der Waals surface area contributed by atoms with Gasteiger partial charge in [0.1, 0.15) is 5.82 Å². The van der Waals surface area contributed by atoms with Crippen LogP contribution in [-0.2, 0) is 11.0 Å². The highest BCUT2D eigenvalue weighted by Gasteiger charge is 2.34. The fourth-order valence-electron chi connectivity index (χ4n) is 3.07. The van der Waals surface area contributed by atoms with E-state index in [1.165, 1.54) is 38.5 Å². The van der Waals surface area contributed by atoms with Crippen LogP contribution in [0, 0.1) is 5.82 Å². The highest BCUT2D eigenvalue weighted by atomic mass is 19.4. The van der Waals surface area contributed by atoms with Gasteiger partial charge in [-0.2, -0.15) is 13.2 Å². The summed E-state index contributed by atoms with van der Waals surface area (Å²) in [6.45, 7) is 0. The van der Waals surface area contributed by atoms with Crippen molar-refractivity contribution in [1.82, 2.24) is 0 Å². The van der Waals surface area contributed by atoms with E-state index in [9.17, 15) is 27.2 Å². The van der Waals surface area contributed by atoms with E-state index in [0.717, 1.165) is 24.3 Å². The van der Waals surface area contributed by atoms with Crippen molar-refractivity contribution in [3.63, 3.8) is 0 Å². The van der Waals surface area contributed by atoms with E-state index in [-0.39, 0.29) is 11.3 Å². The second-order valence-electron chi connectivity index (χ2n) is 7.16. The number of ether oxygens (including phenoxy) is 2. The minimum absolute atomic E-state index is 0.0673. The number of carbonyl (C=O) groups is 2. The molecule has 0 aliphatic heterocycles. The Labute approximate surface area is 198 Å². The molecule has 0 radical (unpaired) electrons. The molecular weight excluding hydrogens is 468 g/mol. The SMILES string of the molecule is COc1ccc(/C=C/C(=O)Nc2ccc(NC(=O)c3ccc(F)cc3)cc2C(F)(F)F)cc1OC. The number of methoxy groups -OCH3 is 2. The normalized spacial score (nSPS) is 11.3. The minimum atomic E-state index is -4.81. The van der Waals surface area contributed by atoms with Gasteiger partial charge in [-0.25, -0.2) is 4.39 Å². The molecule has 0 aromatic heterocycles. The summed E-state index contributed by atoms with van der Waals surface area (Å²) < 4.78 is 64.2.